The summed E-state index contributed by atoms with van der Waals surface area (Å²) in [6.45, 7) is 6.98. The number of pyridine rings is 1. The first-order chi connectivity index (χ1) is 17.0. The summed E-state index contributed by atoms with van der Waals surface area (Å²) >= 11 is 0. The first-order valence-corrected chi connectivity index (χ1v) is 12.0. The van der Waals surface area contributed by atoms with Gasteiger partial charge in [0.1, 0.15) is 17.1 Å². The van der Waals surface area contributed by atoms with Crippen molar-refractivity contribution in [1.82, 2.24) is 9.47 Å². The quantitative estimate of drug-likeness (QED) is 0.521. The van der Waals surface area contributed by atoms with Gasteiger partial charge in [-0.2, -0.15) is 0 Å². The van der Waals surface area contributed by atoms with E-state index in [-0.39, 0.29) is 16.9 Å². The molecule has 0 aliphatic carbocycles. The molecular formula is C28H33N3O4. The number of methoxy groups -OCH3 is 2. The molecule has 3 aromatic rings. The van der Waals surface area contributed by atoms with Crippen molar-refractivity contribution in [2.75, 3.05) is 45.3 Å². The monoisotopic (exact) mass is 475 g/mol. The van der Waals surface area contributed by atoms with Gasteiger partial charge in [-0.15, -0.1) is 0 Å². The number of hydrogen-bond acceptors (Lipinski definition) is 5. The van der Waals surface area contributed by atoms with Crippen LogP contribution in [0.1, 0.15) is 34.2 Å². The number of piperazine rings is 1. The zero-order valence-corrected chi connectivity index (χ0v) is 20.9. The van der Waals surface area contributed by atoms with Crippen molar-refractivity contribution in [3.8, 4) is 11.5 Å². The van der Waals surface area contributed by atoms with Crippen LogP contribution >= 0.6 is 0 Å². The van der Waals surface area contributed by atoms with E-state index >= 15 is 0 Å². The number of anilines is 1. The van der Waals surface area contributed by atoms with Crippen LogP contribution in [0, 0.1) is 6.92 Å². The first kappa shape index (κ1) is 24.4. The standard InChI is InChI=1S/C28H33N3O4/c1-5-24-27(25(32)18-20(2)31(24)19-21-8-6-7-9-26(21)35-4)28(33)30-16-14-29(15-17-30)22-10-12-23(34-3)13-11-22/h6-13,18H,5,14-17,19H2,1-4H3. The van der Waals surface area contributed by atoms with Crippen LogP contribution in [0.3, 0.4) is 0 Å². The van der Waals surface area contributed by atoms with Crippen molar-refractivity contribution >= 4 is 11.6 Å². The van der Waals surface area contributed by atoms with Gasteiger partial charge in [0, 0.05) is 54.9 Å². The molecule has 1 saturated heterocycles. The molecule has 0 unspecified atom stereocenters. The average molecular weight is 476 g/mol. The van der Waals surface area contributed by atoms with Crippen LogP contribution in [0.15, 0.2) is 59.4 Å². The zero-order chi connectivity index (χ0) is 24.9. The third-order valence-electron chi connectivity index (χ3n) is 6.70. The molecule has 0 spiro atoms. The number of amides is 1. The molecule has 0 N–H and O–H groups in total. The molecule has 1 amide bonds. The highest BCUT2D eigenvalue weighted by Gasteiger charge is 2.27. The Hall–Kier alpha value is -3.74. The van der Waals surface area contributed by atoms with Crippen molar-refractivity contribution in [2.45, 2.75) is 26.8 Å². The fourth-order valence-electron chi connectivity index (χ4n) is 4.77. The molecular weight excluding hydrogens is 442 g/mol. The van der Waals surface area contributed by atoms with Gasteiger partial charge in [-0.1, -0.05) is 25.1 Å². The second-order valence-corrected chi connectivity index (χ2v) is 8.70. The van der Waals surface area contributed by atoms with Gasteiger partial charge in [0.25, 0.3) is 5.91 Å². The molecule has 4 rings (SSSR count). The van der Waals surface area contributed by atoms with Gasteiger partial charge in [0.2, 0.25) is 0 Å². The van der Waals surface area contributed by atoms with E-state index in [9.17, 15) is 9.59 Å². The summed E-state index contributed by atoms with van der Waals surface area (Å²) in [6, 6.07) is 17.4. The summed E-state index contributed by atoms with van der Waals surface area (Å²) in [5, 5.41) is 0. The summed E-state index contributed by atoms with van der Waals surface area (Å²) in [6.07, 6.45) is 0.582. The summed E-state index contributed by atoms with van der Waals surface area (Å²) in [5.74, 6) is 1.42. The lowest BCUT2D eigenvalue weighted by atomic mass is 10.1. The van der Waals surface area contributed by atoms with Gasteiger partial charge in [0.15, 0.2) is 5.43 Å². The highest BCUT2D eigenvalue weighted by Crippen LogP contribution is 2.23. The molecule has 184 valence electrons. The lowest BCUT2D eigenvalue weighted by Gasteiger charge is -2.36. The third-order valence-corrected chi connectivity index (χ3v) is 6.70. The van der Waals surface area contributed by atoms with Crippen LogP contribution in [-0.2, 0) is 13.0 Å². The van der Waals surface area contributed by atoms with Crippen molar-refractivity contribution in [3.05, 3.63) is 87.3 Å². The lowest BCUT2D eigenvalue weighted by molar-refractivity contribution is 0.0743. The second-order valence-electron chi connectivity index (χ2n) is 8.70. The van der Waals surface area contributed by atoms with E-state index in [1.54, 1.807) is 25.2 Å². The Morgan fingerprint density at radius 1 is 0.943 bits per heavy atom. The first-order valence-electron chi connectivity index (χ1n) is 12.0. The second kappa shape index (κ2) is 10.7. The number of hydrogen-bond donors (Lipinski definition) is 0. The molecule has 2 heterocycles. The summed E-state index contributed by atoms with van der Waals surface area (Å²) < 4.78 is 12.8. The van der Waals surface area contributed by atoms with Gasteiger partial charge in [-0.25, -0.2) is 0 Å². The Morgan fingerprint density at radius 3 is 2.26 bits per heavy atom. The average Bonchev–Trinajstić information content (AvgIpc) is 2.90. The molecule has 7 heteroatoms. The van der Waals surface area contributed by atoms with Gasteiger partial charge in [0.05, 0.1) is 20.8 Å². The highest BCUT2D eigenvalue weighted by molar-refractivity contribution is 5.95. The topological polar surface area (TPSA) is 64.0 Å². The Morgan fingerprint density at radius 2 is 1.63 bits per heavy atom. The Balaban J connectivity index is 1.58. The minimum Gasteiger partial charge on any atom is -0.497 e. The summed E-state index contributed by atoms with van der Waals surface area (Å²) in [4.78, 5) is 30.7. The Labute approximate surface area is 206 Å². The van der Waals surface area contributed by atoms with Gasteiger partial charge >= 0.3 is 0 Å². The molecule has 0 bridgehead atoms. The predicted molar refractivity (Wildman–Crippen MR) is 138 cm³/mol. The molecule has 2 aromatic carbocycles. The molecule has 0 atom stereocenters. The van der Waals surface area contributed by atoms with Crippen LogP contribution < -0.4 is 19.8 Å². The zero-order valence-electron chi connectivity index (χ0n) is 20.9. The Kier molecular flexibility index (Phi) is 7.44. The van der Waals surface area contributed by atoms with E-state index in [0.29, 0.717) is 39.1 Å². The smallest absolute Gasteiger partial charge is 0.259 e. The minimum atomic E-state index is -0.210. The van der Waals surface area contributed by atoms with E-state index in [1.165, 1.54) is 0 Å². The molecule has 1 fully saturated rings. The van der Waals surface area contributed by atoms with Crippen LogP contribution in [0.2, 0.25) is 0 Å². The maximum atomic E-state index is 13.6. The van der Waals surface area contributed by atoms with E-state index < -0.39 is 0 Å². The molecule has 7 nitrogen and oxygen atoms in total. The third kappa shape index (κ3) is 5.04. The normalized spacial score (nSPS) is 13.6. The maximum absolute atomic E-state index is 13.6. The maximum Gasteiger partial charge on any atom is 0.259 e. The number of benzene rings is 2. The number of carbonyl (C=O) groups excluding carboxylic acids is 1. The number of para-hydroxylation sites is 1. The van der Waals surface area contributed by atoms with Gasteiger partial charge in [-0.3, -0.25) is 9.59 Å². The SMILES string of the molecule is CCc1c(C(=O)N2CCN(c3ccc(OC)cc3)CC2)c(=O)cc(C)n1Cc1ccccc1OC. The number of ether oxygens (including phenoxy) is 2. The van der Waals surface area contributed by atoms with E-state index in [1.807, 2.05) is 62.4 Å². The van der Waals surface area contributed by atoms with E-state index in [2.05, 4.69) is 9.47 Å². The van der Waals surface area contributed by atoms with E-state index in [0.717, 1.165) is 34.1 Å². The molecule has 1 aliphatic rings. The number of rotatable bonds is 7. The fourth-order valence-corrected chi connectivity index (χ4v) is 4.77. The summed E-state index contributed by atoms with van der Waals surface area (Å²) in [5.41, 5.74) is 3.77. The number of nitrogens with zero attached hydrogens (tertiary/aromatic N) is 3. The van der Waals surface area contributed by atoms with Crippen LogP contribution in [0.4, 0.5) is 5.69 Å². The molecule has 1 aromatic heterocycles. The van der Waals surface area contributed by atoms with Crippen LogP contribution in [0.25, 0.3) is 0 Å². The van der Waals surface area contributed by atoms with Crippen LogP contribution in [-0.4, -0.2) is 55.8 Å². The van der Waals surface area contributed by atoms with Crippen LogP contribution in [0.5, 0.6) is 11.5 Å². The van der Waals surface area contributed by atoms with Crippen molar-refractivity contribution in [2.24, 2.45) is 0 Å². The number of aromatic nitrogens is 1. The Bertz CT molecular complexity index is 1240. The fraction of sp³-hybridized carbons (Fsp3) is 0.357. The molecule has 0 saturated carbocycles. The van der Waals surface area contributed by atoms with Crippen molar-refractivity contribution < 1.29 is 14.3 Å². The number of carbonyl (C=O) groups is 1. The lowest BCUT2D eigenvalue weighted by Crippen LogP contribution is -2.50. The predicted octanol–water partition coefficient (Wildman–Crippen LogP) is 3.75. The van der Waals surface area contributed by atoms with Crippen molar-refractivity contribution in [3.63, 3.8) is 0 Å². The van der Waals surface area contributed by atoms with Gasteiger partial charge in [-0.05, 0) is 43.7 Å². The molecule has 0 radical (unpaired) electrons. The highest BCUT2D eigenvalue weighted by atomic mass is 16.5. The number of aryl methyl sites for hydroxylation is 1. The molecule has 1 aliphatic heterocycles. The summed E-state index contributed by atoms with van der Waals surface area (Å²) in [7, 11) is 3.30. The van der Waals surface area contributed by atoms with E-state index in [4.69, 9.17) is 9.47 Å². The van der Waals surface area contributed by atoms with Gasteiger partial charge < -0.3 is 23.8 Å². The largest absolute Gasteiger partial charge is 0.497 e. The van der Waals surface area contributed by atoms with Crippen molar-refractivity contribution in [1.29, 1.82) is 0 Å². The minimum absolute atomic E-state index is 0.185. The molecule has 35 heavy (non-hydrogen) atoms.